The van der Waals surface area contributed by atoms with Gasteiger partial charge in [-0.3, -0.25) is 14.5 Å². The molecule has 5 nitrogen and oxygen atoms in total. The average Bonchev–Trinajstić information content (AvgIpc) is 2.64. The summed E-state index contributed by atoms with van der Waals surface area (Å²) in [7, 11) is 0. The van der Waals surface area contributed by atoms with E-state index in [0.717, 1.165) is 6.08 Å². The first-order valence-corrected chi connectivity index (χ1v) is 6.16. The van der Waals surface area contributed by atoms with Crippen molar-refractivity contribution >= 4 is 17.5 Å². The van der Waals surface area contributed by atoms with Gasteiger partial charge < -0.3 is 10.4 Å². The van der Waals surface area contributed by atoms with Crippen LogP contribution in [0.5, 0.6) is 0 Å². The van der Waals surface area contributed by atoms with Gasteiger partial charge in [-0.05, 0) is 12.1 Å². The Bertz CT molecular complexity index is 676. The summed E-state index contributed by atoms with van der Waals surface area (Å²) in [6, 6.07) is 0.721. The third-order valence-electron chi connectivity index (χ3n) is 2.94. The van der Waals surface area contributed by atoms with Crippen molar-refractivity contribution in [2.24, 2.45) is 0 Å². The standard InChI is InChI=1S/C13H9F5N2O3/c14-7-3-6(4-8(15)11(7)13(16,17)18)19-9-5-10(22)20(1-2-21)12(9)23/h3-5,19,21H,1-2H2. The number of β-amino-alcohol motifs (C(OH)–C–C–N with tert-alkyl or cyclic N) is 1. The molecule has 0 unspecified atom stereocenters. The third-order valence-corrected chi connectivity index (χ3v) is 2.94. The number of nitrogens with zero attached hydrogens (tertiary/aromatic N) is 1. The van der Waals surface area contributed by atoms with Gasteiger partial charge in [-0.2, -0.15) is 13.2 Å². The Balaban J connectivity index is 2.27. The molecule has 1 aromatic rings. The summed E-state index contributed by atoms with van der Waals surface area (Å²) in [6.07, 6.45) is -4.39. The zero-order valence-electron chi connectivity index (χ0n) is 11.2. The minimum absolute atomic E-state index is 0.283. The summed E-state index contributed by atoms with van der Waals surface area (Å²) in [5.41, 5.74) is -2.89. The largest absolute Gasteiger partial charge is 0.422 e. The number of benzene rings is 1. The van der Waals surface area contributed by atoms with Gasteiger partial charge in [0.05, 0.1) is 13.2 Å². The fourth-order valence-electron chi connectivity index (χ4n) is 1.98. The van der Waals surface area contributed by atoms with Crippen LogP contribution in [0.3, 0.4) is 0 Å². The molecule has 1 aromatic carbocycles. The molecule has 10 heteroatoms. The van der Waals surface area contributed by atoms with Gasteiger partial charge in [0.15, 0.2) is 0 Å². The minimum Gasteiger partial charge on any atom is -0.395 e. The Morgan fingerprint density at radius 1 is 1.13 bits per heavy atom. The summed E-state index contributed by atoms with van der Waals surface area (Å²) in [6.45, 7) is -0.767. The summed E-state index contributed by atoms with van der Waals surface area (Å²) >= 11 is 0. The number of aliphatic hydroxyl groups excluding tert-OH is 1. The number of nitrogens with one attached hydrogen (secondary N) is 1. The van der Waals surface area contributed by atoms with E-state index in [-0.39, 0.29) is 12.2 Å². The maximum Gasteiger partial charge on any atom is 0.422 e. The maximum atomic E-state index is 13.4. The van der Waals surface area contributed by atoms with Crippen molar-refractivity contribution in [3.8, 4) is 0 Å². The predicted molar refractivity (Wildman–Crippen MR) is 66.9 cm³/mol. The minimum atomic E-state index is -5.21. The number of rotatable bonds is 4. The third kappa shape index (κ3) is 3.31. The van der Waals surface area contributed by atoms with Crippen LogP contribution in [0, 0.1) is 11.6 Å². The molecule has 1 heterocycles. The lowest BCUT2D eigenvalue weighted by Crippen LogP contribution is -2.34. The van der Waals surface area contributed by atoms with Crippen LogP contribution < -0.4 is 5.32 Å². The number of imide groups is 1. The number of anilines is 1. The van der Waals surface area contributed by atoms with Gasteiger partial charge in [-0.1, -0.05) is 0 Å². The van der Waals surface area contributed by atoms with Crippen molar-refractivity contribution in [1.29, 1.82) is 0 Å². The Morgan fingerprint density at radius 3 is 2.17 bits per heavy atom. The molecular formula is C13H9F5N2O3. The van der Waals surface area contributed by atoms with Crippen molar-refractivity contribution in [1.82, 2.24) is 4.90 Å². The number of carbonyl (C=O) groups is 2. The summed E-state index contributed by atoms with van der Waals surface area (Å²) < 4.78 is 64.2. The molecule has 1 aliphatic rings. The smallest absolute Gasteiger partial charge is 0.395 e. The van der Waals surface area contributed by atoms with E-state index in [1.54, 1.807) is 0 Å². The van der Waals surface area contributed by atoms with E-state index in [0.29, 0.717) is 17.0 Å². The predicted octanol–water partition coefficient (Wildman–Crippen LogP) is 1.64. The average molecular weight is 336 g/mol. The van der Waals surface area contributed by atoms with Gasteiger partial charge in [0.2, 0.25) is 0 Å². The van der Waals surface area contributed by atoms with Crippen LogP contribution in [0.15, 0.2) is 23.9 Å². The van der Waals surface area contributed by atoms with E-state index in [2.05, 4.69) is 5.32 Å². The molecule has 0 aliphatic carbocycles. The van der Waals surface area contributed by atoms with Crippen molar-refractivity contribution < 1.29 is 36.6 Å². The second kappa shape index (κ2) is 5.95. The summed E-state index contributed by atoms with van der Waals surface area (Å²) in [5.74, 6) is -5.35. The fourth-order valence-corrected chi connectivity index (χ4v) is 1.98. The van der Waals surface area contributed by atoms with Crippen LogP contribution in [0.25, 0.3) is 0 Å². The number of hydrogen-bond donors (Lipinski definition) is 2. The normalized spacial score (nSPS) is 15.2. The Kier molecular flexibility index (Phi) is 4.37. The van der Waals surface area contributed by atoms with Gasteiger partial charge in [0, 0.05) is 11.8 Å². The molecule has 0 saturated heterocycles. The molecule has 0 saturated carbocycles. The molecule has 1 aliphatic heterocycles. The van der Waals surface area contributed by atoms with Crippen LogP contribution in [-0.4, -0.2) is 35.0 Å². The monoisotopic (exact) mass is 336 g/mol. The lowest BCUT2D eigenvalue weighted by atomic mass is 10.1. The first kappa shape index (κ1) is 16.9. The van der Waals surface area contributed by atoms with E-state index < -0.39 is 47.5 Å². The van der Waals surface area contributed by atoms with Crippen molar-refractivity contribution in [3.05, 3.63) is 41.1 Å². The molecule has 0 radical (unpaired) electrons. The maximum absolute atomic E-state index is 13.4. The number of alkyl halides is 3. The molecule has 0 aromatic heterocycles. The zero-order chi connectivity index (χ0) is 17.4. The molecule has 2 amide bonds. The SMILES string of the molecule is O=C1C=C(Nc2cc(F)c(C(F)(F)F)c(F)c2)C(=O)N1CCO. The second-order valence-electron chi connectivity index (χ2n) is 4.51. The van der Waals surface area contributed by atoms with Crippen molar-refractivity contribution in [2.75, 3.05) is 18.5 Å². The van der Waals surface area contributed by atoms with Crippen LogP contribution in [0.1, 0.15) is 5.56 Å². The first-order chi connectivity index (χ1) is 10.6. The first-order valence-electron chi connectivity index (χ1n) is 6.16. The van der Waals surface area contributed by atoms with Crippen LogP contribution >= 0.6 is 0 Å². The van der Waals surface area contributed by atoms with Gasteiger partial charge in [0.25, 0.3) is 11.8 Å². The Morgan fingerprint density at radius 2 is 1.70 bits per heavy atom. The van der Waals surface area contributed by atoms with Crippen molar-refractivity contribution in [3.63, 3.8) is 0 Å². The Labute approximate surface area is 126 Å². The van der Waals surface area contributed by atoms with Crippen LogP contribution in [0.2, 0.25) is 0 Å². The second-order valence-corrected chi connectivity index (χ2v) is 4.51. The van der Waals surface area contributed by atoms with Crippen LogP contribution in [0.4, 0.5) is 27.6 Å². The van der Waals surface area contributed by atoms with E-state index >= 15 is 0 Å². The molecule has 2 rings (SSSR count). The summed E-state index contributed by atoms with van der Waals surface area (Å²) in [5, 5.41) is 10.9. The highest BCUT2D eigenvalue weighted by Gasteiger charge is 2.38. The van der Waals surface area contributed by atoms with Gasteiger partial charge in [-0.15, -0.1) is 0 Å². The number of halogens is 5. The molecule has 124 valence electrons. The van der Waals surface area contributed by atoms with Gasteiger partial charge in [-0.25, -0.2) is 8.78 Å². The van der Waals surface area contributed by atoms with E-state index in [1.165, 1.54) is 0 Å². The number of carbonyl (C=O) groups excluding carboxylic acids is 2. The molecule has 23 heavy (non-hydrogen) atoms. The highest BCUT2D eigenvalue weighted by atomic mass is 19.4. The van der Waals surface area contributed by atoms with Gasteiger partial charge >= 0.3 is 6.18 Å². The molecule has 0 atom stereocenters. The molecule has 0 bridgehead atoms. The van der Waals surface area contributed by atoms with Gasteiger partial charge in [0.1, 0.15) is 22.9 Å². The van der Waals surface area contributed by atoms with E-state index in [9.17, 15) is 31.5 Å². The molecule has 0 spiro atoms. The highest BCUT2D eigenvalue weighted by Crippen LogP contribution is 2.35. The highest BCUT2D eigenvalue weighted by molar-refractivity contribution is 6.17. The lowest BCUT2D eigenvalue weighted by molar-refractivity contribution is -0.142. The quantitative estimate of drug-likeness (QED) is 0.648. The number of amides is 2. The number of hydrogen-bond acceptors (Lipinski definition) is 4. The topological polar surface area (TPSA) is 69.6 Å². The van der Waals surface area contributed by atoms with Crippen LogP contribution in [-0.2, 0) is 15.8 Å². The Hall–Kier alpha value is -2.49. The lowest BCUT2D eigenvalue weighted by Gasteiger charge is -2.14. The fraction of sp³-hybridized carbons (Fsp3) is 0.231. The van der Waals surface area contributed by atoms with Crippen molar-refractivity contribution in [2.45, 2.75) is 6.18 Å². The summed E-state index contributed by atoms with van der Waals surface area (Å²) in [4.78, 5) is 23.9. The molecular weight excluding hydrogens is 327 g/mol. The molecule has 2 N–H and O–H groups in total. The number of aliphatic hydroxyl groups is 1. The van der Waals surface area contributed by atoms with E-state index in [4.69, 9.17) is 5.11 Å². The zero-order valence-corrected chi connectivity index (χ0v) is 11.2. The molecule has 0 fully saturated rings. The van der Waals surface area contributed by atoms with E-state index in [1.807, 2.05) is 0 Å².